The molecule has 7 heteroatoms. The number of rotatable bonds is 9. The summed E-state index contributed by atoms with van der Waals surface area (Å²) < 4.78 is 5.28. The first-order chi connectivity index (χ1) is 12.1. The summed E-state index contributed by atoms with van der Waals surface area (Å²) in [6, 6.07) is 5.97. The molecule has 2 aromatic heterocycles. The van der Waals surface area contributed by atoms with Crippen molar-refractivity contribution >= 4 is 11.9 Å². The molecule has 140 valence electrons. The third-order valence-corrected chi connectivity index (χ3v) is 3.75. The van der Waals surface area contributed by atoms with E-state index in [0.717, 1.165) is 19.3 Å². The maximum Gasteiger partial charge on any atom is 0.338 e. The summed E-state index contributed by atoms with van der Waals surface area (Å²) in [7, 11) is 0. The van der Waals surface area contributed by atoms with Crippen molar-refractivity contribution in [2.75, 3.05) is 6.61 Å². The zero-order chi connectivity index (χ0) is 18.1. The van der Waals surface area contributed by atoms with E-state index in [4.69, 9.17) is 9.84 Å². The van der Waals surface area contributed by atoms with Crippen LogP contribution >= 0.6 is 0 Å². The van der Waals surface area contributed by atoms with Crippen LogP contribution in [0, 0.1) is 0 Å². The van der Waals surface area contributed by atoms with Crippen LogP contribution in [-0.4, -0.2) is 33.6 Å². The van der Waals surface area contributed by atoms with Gasteiger partial charge < -0.3 is 9.84 Å². The van der Waals surface area contributed by atoms with E-state index in [1.807, 2.05) is 0 Å². The average Bonchev–Trinajstić information content (AvgIpc) is 2.64. The average molecular weight is 443 g/mol. The fourth-order valence-corrected chi connectivity index (χ4v) is 2.36. The van der Waals surface area contributed by atoms with Crippen molar-refractivity contribution < 1.29 is 38.9 Å². The zero-order valence-electron chi connectivity index (χ0n) is 14.6. The fourth-order valence-electron chi connectivity index (χ4n) is 2.36. The molecule has 0 saturated carbocycles. The normalized spacial score (nSPS) is 10.0. The van der Waals surface area contributed by atoms with Gasteiger partial charge in [-0.1, -0.05) is 32.6 Å². The number of carboxylic acids is 1. The molecule has 0 aromatic carbocycles. The van der Waals surface area contributed by atoms with Gasteiger partial charge in [-0.25, -0.2) is 9.59 Å². The standard InChI is InChI=1S/C19H22N2O4.Ru/c1-2-3-4-5-6-11-25-19(24)15-8-10-21-17(13-15)16-12-14(18(22)23)7-9-20-16;/h7-10,12-13H,2-6,11H2,1H3,(H,22,23);. The van der Waals surface area contributed by atoms with E-state index in [1.165, 1.54) is 37.4 Å². The van der Waals surface area contributed by atoms with Crippen LogP contribution in [0.3, 0.4) is 0 Å². The van der Waals surface area contributed by atoms with Crippen LogP contribution in [0.25, 0.3) is 11.4 Å². The molecule has 2 aromatic rings. The minimum Gasteiger partial charge on any atom is -0.478 e. The first-order valence-electron chi connectivity index (χ1n) is 8.44. The van der Waals surface area contributed by atoms with E-state index in [9.17, 15) is 9.59 Å². The molecule has 0 amide bonds. The molecule has 0 aliphatic heterocycles. The molecule has 0 aliphatic carbocycles. The molecule has 0 spiro atoms. The molecule has 2 rings (SSSR count). The van der Waals surface area contributed by atoms with Crippen molar-refractivity contribution in [2.45, 2.75) is 39.0 Å². The maximum absolute atomic E-state index is 12.1. The molecule has 0 saturated heterocycles. The van der Waals surface area contributed by atoms with Gasteiger partial charge in [-0.15, -0.1) is 0 Å². The number of unbranched alkanes of at least 4 members (excludes halogenated alkanes) is 4. The Labute approximate surface area is 165 Å². The van der Waals surface area contributed by atoms with E-state index in [-0.39, 0.29) is 25.0 Å². The number of esters is 1. The molecule has 26 heavy (non-hydrogen) atoms. The van der Waals surface area contributed by atoms with Crippen molar-refractivity contribution in [1.82, 2.24) is 9.97 Å². The van der Waals surface area contributed by atoms with E-state index >= 15 is 0 Å². The summed E-state index contributed by atoms with van der Waals surface area (Å²) in [6.07, 6.45) is 8.32. The molecular weight excluding hydrogens is 421 g/mol. The number of hydrogen-bond donors (Lipinski definition) is 1. The first kappa shape index (κ1) is 21.9. The van der Waals surface area contributed by atoms with Gasteiger partial charge in [0.2, 0.25) is 0 Å². The first-order valence-corrected chi connectivity index (χ1v) is 8.44. The molecule has 0 fully saturated rings. The van der Waals surface area contributed by atoms with Gasteiger partial charge in [0, 0.05) is 31.9 Å². The Morgan fingerprint density at radius 1 is 0.962 bits per heavy atom. The largest absolute Gasteiger partial charge is 0.478 e. The van der Waals surface area contributed by atoms with Gasteiger partial charge in [-0.05, 0) is 30.7 Å². The Bertz CT molecular complexity index is 737. The van der Waals surface area contributed by atoms with E-state index < -0.39 is 11.9 Å². The number of aromatic nitrogens is 2. The van der Waals surface area contributed by atoms with Crippen LogP contribution in [0.5, 0.6) is 0 Å². The molecule has 6 nitrogen and oxygen atoms in total. The number of aromatic carboxylic acids is 1. The van der Waals surface area contributed by atoms with Gasteiger partial charge in [0.1, 0.15) is 0 Å². The van der Waals surface area contributed by atoms with Crippen LogP contribution in [0.4, 0.5) is 0 Å². The van der Waals surface area contributed by atoms with Crippen molar-refractivity contribution in [1.29, 1.82) is 0 Å². The van der Waals surface area contributed by atoms with E-state index in [0.29, 0.717) is 23.6 Å². The smallest absolute Gasteiger partial charge is 0.338 e. The SMILES string of the molecule is CCCCCCCOC(=O)c1ccnc(-c2cc(C(=O)O)ccn2)c1.[Ru]. The Morgan fingerprint density at radius 2 is 1.54 bits per heavy atom. The summed E-state index contributed by atoms with van der Waals surface area (Å²) in [6.45, 7) is 2.55. The molecule has 1 N–H and O–H groups in total. The van der Waals surface area contributed by atoms with Gasteiger partial charge >= 0.3 is 11.9 Å². The molecule has 0 aliphatic rings. The van der Waals surface area contributed by atoms with Gasteiger partial charge in [0.25, 0.3) is 0 Å². The predicted molar refractivity (Wildman–Crippen MR) is 93.5 cm³/mol. The van der Waals surface area contributed by atoms with Gasteiger partial charge in [0.05, 0.1) is 29.1 Å². The minimum absolute atomic E-state index is 0. The Hall–Kier alpha value is -2.14. The monoisotopic (exact) mass is 444 g/mol. The number of carbonyl (C=O) groups is 2. The summed E-state index contributed by atoms with van der Waals surface area (Å²) in [5, 5.41) is 9.05. The summed E-state index contributed by atoms with van der Waals surface area (Å²) in [5.74, 6) is -1.45. The van der Waals surface area contributed by atoms with Crippen molar-refractivity contribution in [2.24, 2.45) is 0 Å². The Balaban J connectivity index is 0.00000338. The second kappa shape index (κ2) is 11.5. The molecule has 2 heterocycles. The van der Waals surface area contributed by atoms with Crippen LogP contribution in [0.2, 0.25) is 0 Å². The number of pyridine rings is 2. The van der Waals surface area contributed by atoms with Crippen LogP contribution in [-0.2, 0) is 24.2 Å². The van der Waals surface area contributed by atoms with E-state index in [1.54, 1.807) is 12.1 Å². The van der Waals surface area contributed by atoms with Crippen molar-refractivity contribution in [3.63, 3.8) is 0 Å². The van der Waals surface area contributed by atoms with Crippen molar-refractivity contribution in [3.05, 3.63) is 47.8 Å². The third kappa shape index (κ3) is 6.64. The molecular formula is C19H22N2O4Ru. The zero-order valence-corrected chi connectivity index (χ0v) is 16.4. The number of carboxylic acid groups (broad SMARTS) is 1. The second-order valence-electron chi connectivity index (χ2n) is 5.71. The maximum atomic E-state index is 12.1. The van der Waals surface area contributed by atoms with Crippen molar-refractivity contribution in [3.8, 4) is 11.4 Å². The number of carbonyl (C=O) groups excluding carboxylic acids is 1. The van der Waals surface area contributed by atoms with E-state index in [2.05, 4.69) is 16.9 Å². The topological polar surface area (TPSA) is 89.4 Å². The van der Waals surface area contributed by atoms with Gasteiger partial charge in [-0.2, -0.15) is 0 Å². The molecule has 0 unspecified atom stereocenters. The Morgan fingerprint density at radius 3 is 2.15 bits per heavy atom. The number of nitrogens with zero attached hydrogens (tertiary/aromatic N) is 2. The molecule has 0 radical (unpaired) electrons. The number of ether oxygens (including phenoxy) is 1. The second-order valence-corrected chi connectivity index (χ2v) is 5.71. The molecule has 0 bridgehead atoms. The quantitative estimate of drug-likeness (QED) is 0.358. The molecule has 0 atom stereocenters. The predicted octanol–water partition coefficient (Wildman–Crippen LogP) is 3.97. The van der Waals surface area contributed by atoms with Crippen LogP contribution < -0.4 is 0 Å². The summed E-state index contributed by atoms with van der Waals surface area (Å²) in [5.41, 5.74) is 1.32. The minimum atomic E-state index is -1.04. The third-order valence-electron chi connectivity index (χ3n) is 3.75. The summed E-state index contributed by atoms with van der Waals surface area (Å²) in [4.78, 5) is 31.5. The van der Waals surface area contributed by atoms with Crippen LogP contribution in [0.1, 0.15) is 59.7 Å². The van der Waals surface area contributed by atoms with Crippen LogP contribution in [0.15, 0.2) is 36.7 Å². The number of hydrogen-bond acceptors (Lipinski definition) is 5. The van der Waals surface area contributed by atoms with Gasteiger partial charge in [0.15, 0.2) is 0 Å². The summed E-state index contributed by atoms with van der Waals surface area (Å²) >= 11 is 0. The Kier molecular flexibility index (Phi) is 9.67. The van der Waals surface area contributed by atoms with Gasteiger partial charge in [-0.3, -0.25) is 9.97 Å². The fraction of sp³-hybridized carbons (Fsp3) is 0.368.